The van der Waals surface area contributed by atoms with Gasteiger partial charge in [-0.15, -0.1) is 11.6 Å². The Kier molecular flexibility index (Phi) is 5.28. The Labute approximate surface area is 118 Å². The maximum Gasteiger partial charge on any atom is 0.0590 e. The van der Waals surface area contributed by atoms with E-state index in [1.54, 1.807) is 0 Å². The third kappa shape index (κ3) is 3.09. The van der Waals surface area contributed by atoms with E-state index in [0.29, 0.717) is 0 Å². The fraction of sp³-hybridized carbons (Fsp3) is 0.647. The molecule has 0 bridgehead atoms. The molecule has 18 heavy (non-hydrogen) atoms. The minimum atomic E-state index is 0.158. The Hall–Kier alpha value is -0.490. The molecule has 1 unspecified atom stereocenters. The summed E-state index contributed by atoms with van der Waals surface area (Å²) >= 11 is 6.66. The van der Waals surface area contributed by atoms with Gasteiger partial charge in [-0.1, -0.05) is 13.8 Å². The van der Waals surface area contributed by atoms with Crippen LogP contribution < -0.4 is 0 Å². The summed E-state index contributed by atoms with van der Waals surface area (Å²) in [5, 5.41) is 0.158. The molecule has 0 fully saturated rings. The Bertz CT molecular complexity index is 401. The summed E-state index contributed by atoms with van der Waals surface area (Å²) < 4.78 is 0. The zero-order valence-electron chi connectivity index (χ0n) is 12.9. The van der Waals surface area contributed by atoms with E-state index in [9.17, 15) is 0 Å². The molecule has 0 spiro atoms. The second-order valence-corrected chi connectivity index (χ2v) is 6.50. The quantitative estimate of drug-likeness (QED) is 0.591. The van der Waals surface area contributed by atoms with E-state index in [-0.39, 0.29) is 5.38 Å². The van der Waals surface area contributed by atoms with Crippen molar-refractivity contribution in [2.75, 3.05) is 0 Å². The summed E-state index contributed by atoms with van der Waals surface area (Å²) in [6.07, 6.45) is 2.27. The molecule has 1 heteroatoms. The smallest absolute Gasteiger partial charge is 0.0590 e. The highest BCUT2D eigenvalue weighted by Gasteiger charge is 2.18. The Morgan fingerprint density at radius 3 is 1.50 bits per heavy atom. The van der Waals surface area contributed by atoms with E-state index in [0.717, 1.165) is 12.3 Å². The molecule has 0 aliphatic rings. The van der Waals surface area contributed by atoms with Crippen LogP contribution in [-0.2, 0) is 0 Å². The molecule has 1 rings (SSSR count). The van der Waals surface area contributed by atoms with Gasteiger partial charge in [0.25, 0.3) is 0 Å². The van der Waals surface area contributed by atoms with Crippen LogP contribution in [0.15, 0.2) is 0 Å². The van der Waals surface area contributed by atoms with Crippen molar-refractivity contribution in [2.24, 2.45) is 5.92 Å². The molecule has 0 saturated heterocycles. The standard InChI is InChI=1S/C17H27Cl/c1-10(2)8-9-16(18)17-14(6)12(4)11(3)13(5)15(17)7/h10,16H,8-9H2,1-7H3. The van der Waals surface area contributed by atoms with Crippen LogP contribution in [0.5, 0.6) is 0 Å². The number of alkyl halides is 1. The van der Waals surface area contributed by atoms with Gasteiger partial charge in [0.1, 0.15) is 0 Å². The van der Waals surface area contributed by atoms with Gasteiger partial charge in [-0.05, 0) is 86.8 Å². The topological polar surface area (TPSA) is 0 Å². The van der Waals surface area contributed by atoms with E-state index < -0.39 is 0 Å². The summed E-state index contributed by atoms with van der Waals surface area (Å²) in [4.78, 5) is 0. The first kappa shape index (κ1) is 15.6. The molecule has 0 aromatic heterocycles. The van der Waals surface area contributed by atoms with Crippen LogP contribution in [0.3, 0.4) is 0 Å². The lowest BCUT2D eigenvalue weighted by Crippen LogP contribution is -2.05. The zero-order chi connectivity index (χ0) is 14.0. The zero-order valence-corrected chi connectivity index (χ0v) is 13.7. The second kappa shape index (κ2) is 6.10. The van der Waals surface area contributed by atoms with Crippen molar-refractivity contribution < 1.29 is 0 Å². The van der Waals surface area contributed by atoms with Gasteiger partial charge >= 0.3 is 0 Å². The molecule has 0 heterocycles. The molecular formula is C17H27Cl. The molecule has 1 aromatic rings. The lowest BCUT2D eigenvalue weighted by Gasteiger charge is -2.22. The highest BCUT2D eigenvalue weighted by atomic mass is 35.5. The van der Waals surface area contributed by atoms with E-state index in [4.69, 9.17) is 11.6 Å². The van der Waals surface area contributed by atoms with Crippen molar-refractivity contribution in [1.29, 1.82) is 0 Å². The average Bonchev–Trinajstić information content (AvgIpc) is 2.31. The minimum absolute atomic E-state index is 0.158. The van der Waals surface area contributed by atoms with Crippen molar-refractivity contribution in [2.45, 2.75) is 66.7 Å². The molecule has 0 aliphatic carbocycles. The molecule has 0 amide bonds. The van der Waals surface area contributed by atoms with Crippen molar-refractivity contribution >= 4 is 11.6 Å². The van der Waals surface area contributed by atoms with E-state index in [1.807, 2.05) is 0 Å². The lowest BCUT2D eigenvalue weighted by molar-refractivity contribution is 0.548. The SMILES string of the molecule is Cc1c(C)c(C)c(C(Cl)CCC(C)C)c(C)c1C. The minimum Gasteiger partial charge on any atom is -0.118 e. The van der Waals surface area contributed by atoms with Gasteiger partial charge in [0.2, 0.25) is 0 Å². The highest BCUT2D eigenvalue weighted by molar-refractivity contribution is 6.21. The van der Waals surface area contributed by atoms with Crippen LogP contribution in [-0.4, -0.2) is 0 Å². The van der Waals surface area contributed by atoms with Crippen molar-refractivity contribution in [3.05, 3.63) is 33.4 Å². The molecule has 1 atom stereocenters. The third-order valence-corrected chi connectivity index (χ3v) is 4.81. The van der Waals surface area contributed by atoms with Gasteiger partial charge in [0.05, 0.1) is 5.38 Å². The molecule has 0 N–H and O–H groups in total. The highest BCUT2D eigenvalue weighted by Crippen LogP contribution is 2.36. The largest absolute Gasteiger partial charge is 0.118 e. The summed E-state index contributed by atoms with van der Waals surface area (Å²) in [7, 11) is 0. The predicted molar refractivity (Wildman–Crippen MR) is 82.8 cm³/mol. The normalized spacial score (nSPS) is 13.2. The maximum absolute atomic E-state index is 6.66. The molecule has 0 saturated carbocycles. The van der Waals surface area contributed by atoms with E-state index >= 15 is 0 Å². The van der Waals surface area contributed by atoms with Crippen molar-refractivity contribution in [3.63, 3.8) is 0 Å². The number of rotatable bonds is 4. The first-order chi connectivity index (χ1) is 8.27. The monoisotopic (exact) mass is 266 g/mol. The van der Waals surface area contributed by atoms with Crippen molar-refractivity contribution in [3.8, 4) is 0 Å². The number of halogens is 1. The Morgan fingerprint density at radius 2 is 1.11 bits per heavy atom. The predicted octanol–water partition coefficient (Wildman–Crippen LogP) is 5.94. The molecule has 1 aromatic carbocycles. The Morgan fingerprint density at radius 1 is 0.722 bits per heavy atom. The van der Waals surface area contributed by atoms with Crippen LogP contribution in [0.25, 0.3) is 0 Å². The average molecular weight is 267 g/mol. The second-order valence-electron chi connectivity index (χ2n) is 5.98. The molecule has 0 aliphatic heterocycles. The summed E-state index contributed by atoms with van der Waals surface area (Å²) in [5.41, 5.74) is 8.38. The number of hydrogen-bond donors (Lipinski definition) is 0. The molecule has 102 valence electrons. The van der Waals surface area contributed by atoms with Gasteiger partial charge in [0.15, 0.2) is 0 Å². The van der Waals surface area contributed by atoms with Crippen LogP contribution in [0, 0.1) is 40.5 Å². The molecule has 0 radical (unpaired) electrons. The van der Waals surface area contributed by atoms with E-state index in [2.05, 4.69) is 48.5 Å². The first-order valence-corrected chi connectivity index (χ1v) is 7.41. The van der Waals surface area contributed by atoms with Crippen LogP contribution in [0.2, 0.25) is 0 Å². The summed E-state index contributed by atoms with van der Waals surface area (Å²) in [6, 6.07) is 0. The summed E-state index contributed by atoms with van der Waals surface area (Å²) in [6.45, 7) is 15.6. The van der Waals surface area contributed by atoms with Gasteiger partial charge in [-0.2, -0.15) is 0 Å². The van der Waals surface area contributed by atoms with Crippen molar-refractivity contribution in [1.82, 2.24) is 0 Å². The van der Waals surface area contributed by atoms with Gasteiger partial charge in [0, 0.05) is 0 Å². The Balaban J connectivity index is 3.16. The number of benzene rings is 1. The van der Waals surface area contributed by atoms with Crippen LogP contribution in [0.1, 0.15) is 65.4 Å². The lowest BCUT2D eigenvalue weighted by atomic mass is 9.86. The fourth-order valence-electron chi connectivity index (χ4n) is 2.62. The third-order valence-electron chi connectivity index (χ3n) is 4.37. The maximum atomic E-state index is 6.66. The van der Waals surface area contributed by atoms with Gasteiger partial charge in [-0.25, -0.2) is 0 Å². The van der Waals surface area contributed by atoms with Gasteiger partial charge < -0.3 is 0 Å². The van der Waals surface area contributed by atoms with Crippen LogP contribution in [0.4, 0.5) is 0 Å². The molecule has 0 nitrogen and oxygen atoms in total. The van der Waals surface area contributed by atoms with Crippen LogP contribution >= 0.6 is 11.6 Å². The van der Waals surface area contributed by atoms with Gasteiger partial charge in [-0.3, -0.25) is 0 Å². The summed E-state index contributed by atoms with van der Waals surface area (Å²) in [5.74, 6) is 0.722. The first-order valence-electron chi connectivity index (χ1n) is 6.98. The molecular weight excluding hydrogens is 240 g/mol. The fourth-order valence-corrected chi connectivity index (χ4v) is 3.08. The number of hydrogen-bond acceptors (Lipinski definition) is 0. The van der Waals surface area contributed by atoms with E-state index in [1.165, 1.54) is 39.8 Å².